The maximum atomic E-state index is 13.4. The standard InChI is InChI=1S/C23H28Cl3N3O4S/c1-4-5-12-27-23(31)16(2)28(14-17-6-8-18(24)9-7-17)22(30)15-29(34(3,32)33)19-10-11-20(25)21(26)13-19/h6-11,13,16H,4-5,12,14-15H2,1-3H3,(H,27,31)/t16-/m1/s1. The highest BCUT2D eigenvalue weighted by Gasteiger charge is 2.30. The summed E-state index contributed by atoms with van der Waals surface area (Å²) in [7, 11) is -3.85. The molecule has 0 aliphatic rings. The van der Waals surface area contributed by atoms with Gasteiger partial charge >= 0.3 is 0 Å². The van der Waals surface area contributed by atoms with Gasteiger partial charge in [-0.15, -0.1) is 0 Å². The van der Waals surface area contributed by atoms with E-state index in [0.717, 1.165) is 29.0 Å². The Morgan fingerprint density at radius 1 is 1.03 bits per heavy atom. The summed E-state index contributed by atoms with van der Waals surface area (Å²) < 4.78 is 26.0. The van der Waals surface area contributed by atoms with E-state index < -0.39 is 28.5 Å². The fourth-order valence-electron chi connectivity index (χ4n) is 3.16. The molecule has 0 aromatic heterocycles. The zero-order chi connectivity index (χ0) is 25.5. The Hall–Kier alpha value is -2.00. The van der Waals surface area contributed by atoms with Crippen molar-refractivity contribution in [2.45, 2.75) is 39.3 Å². The summed E-state index contributed by atoms with van der Waals surface area (Å²) in [6.45, 7) is 3.68. The van der Waals surface area contributed by atoms with Crippen LogP contribution in [0, 0.1) is 0 Å². The van der Waals surface area contributed by atoms with E-state index in [0.29, 0.717) is 11.6 Å². The summed E-state index contributed by atoms with van der Waals surface area (Å²) in [6, 6.07) is 10.3. The van der Waals surface area contributed by atoms with E-state index in [1.165, 1.54) is 23.1 Å². The molecule has 186 valence electrons. The van der Waals surface area contributed by atoms with Crippen LogP contribution < -0.4 is 9.62 Å². The van der Waals surface area contributed by atoms with E-state index in [9.17, 15) is 18.0 Å². The van der Waals surface area contributed by atoms with E-state index in [2.05, 4.69) is 5.32 Å². The zero-order valence-corrected chi connectivity index (χ0v) is 22.3. The highest BCUT2D eigenvalue weighted by molar-refractivity contribution is 7.92. The summed E-state index contributed by atoms with van der Waals surface area (Å²) in [5, 5.41) is 3.77. The van der Waals surface area contributed by atoms with Crippen LogP contribution in [0.15, 0.2) is 42.5 Å². The molecular formula is C23H28Cl3N3O4S. The minimum Gasteiger partial charge on any atom is -0.354 e. The Morgan fingerprint density at radius 2 is 1.68 bits per heavy atom. The van der Waals surface area contributed by atoms with Crippen molar-refractivity contribution in [1.82, 2.24) is 10.2 Å². The van der Waals surface area contributed by atoms with Gasteiger partial charge in [0.15, 0.2) is 0 Å². The molecular weight excluding hydrogens is 521 g/mol. The van der Waals surface area contributed by atoms with E-state index in [4.69, 9.17) is 34.8 Å². The Morgan fingerprint density at radius 3 is 2.24 bits per heavy atom. The van der Waals surface area contributed by atoms with Crippen LogP contribution in [0.4, 0.5) is 5.69 Å². The number of rotatable bonds is 11. The number of benzene rings is 2. The van der Waals surface area contributed by atoms with Crippen LogP contribution in [0.2, 0.25) is 15.1 Å². The van der Waals surface area contributed by atoms with Crippen molar-refractivity contribution in [3.63, 3.8) is 0 Å². The van der Waals surface area contributed by atoms with Gasteiger partial charge in [0.1, 0.15) is 12.6 Å². The normalized spacial score (nSPS) is 12.2. The lowest BCUT2D eigenvalue weighted by Crippen LogP contribution is -2.51. The van der Waals surface area contributed by atoms with Crippen molar-refractivity contribution in [2.24, 2.45) is 0 Å². The molecule has 7 nitrogen and oxygen atoms in total. The number of hydrogen-bond donors (Lipinski definition) is 1. The topological polar surface area (TPSA) is 86.8 Å². The lowest BCUT2D eigenvalue weighted by Gasteiger charge is -2.31. The lowest BCUT2D eigenvalue weighted by atomic mass is 10.1. The Kier molecular flexibility index (Phi) is 10.5. The lowest BCUT2D eigenvalue weighted by molar-refractivity contribution is -0.139. The van der Waals surface area contributed by atoms with Crippen LogP contribution in [0.5, 0.6) is 0 Å². The molecule has 0 radical (unpaired) electrons. The minimum absolute atomic E-state index is 0.0946. The fraction of sp³-hybridized carbons (Fsp3) is 0.391. The van der Waals surface area contributed by atoms with Crippen molar-refractivity contribution in [3.8, 4) is 0 Å². The van der Waals surface area contributed by atoms with Crippen LogP contribution in [0.25, 0.3) is 0 Å². The van der Waals surface area contributed by atoms with Crippen LogP contribution in [0.1, 0.15) is 32.3 Å². The average Bonchev–Trinajstić information content (AvgIpc) is 2.77. The van der Waals surface area contributed by atoms with Gasteiger partial charge in [-0.1, -0.05) is 60.3 Å². The van der Waals surface area contributed by atoms with Gasteiger partial charge in [0.2, 0.25) is 21.8 Å². The van der Waals surface area contributed by atoms with Gasteiger partial charge < -0.3 is 10.2 Å². The first-order chi connectivity index (χ1) is 15.9. The first-order valence-corrected chi connectivity index (χ1v) is 13.7. The molecule has 11 heteroatoms. The highest BCUT2D eigenvalue weighted by atomic mass is 35.5. The average molecular weight is 549 g/mol. The number of unbranched alkanes of at least 4 members (excludes halogenated alkanes) is 1. The molecule has 1 atom stereocenters. The molecule has 0 aliphatic heterocycles. The molecule has 2 aromatic carbocycles. The second-order valence-corrected chi connectivity index (χ2v) is 11.0. The SMILES string of the molecule is CCCCNC(=O)[C@@H](C)N(Cc1ccc(Cl)cc1)C(=O)CN(c1ccc(Cl)c(Cl)c1)S(C)(=O)=O. The Bertz CT molecular complexity index is 1110. The van der Waals surface area contributed by atoms with Crippen LogP contribution in [0.3, 0.4) is 0 Å². The summed E-state index contributed by atoms with van der Waals surface area (Å²) in [4.78, 5) is 27.5. The third-order valence-corrected chi connectivity index (χ3v) is 7.26. The number of nitrogens with one attached hydrogen (secondary N) is 1. The van der Waals surface area contributed by atoms with Gasteiger partial charge in [-0.05, 0) is 49.2 Å². The number of hydrogen-bond acceptors (Lipinski definition) is 4. The Balaban J connectivity index is 2.35. The molecule has 2 amide bonds. The smallest absolute Gasteiger partial charge is 0.244 e. The second kappa shape index (κ2) is 12.6. The largest absolute Gasteiger partial charge is 0.354 e. The molecule has 0 saturated carbocycles. The summed E-state index contributed by atoms with van der Waals surface area (Å²) in [5.74, 6) is -0.874. The fourth-order valence-corrected chi connectivity index (χ4v) is 4.42. The molecule has 2 rings (SSSR count). The van der Waals surface area contributed by atoms with Gasteiger partial charge in [-0.2, -0.15) is 0 Å². The van der Waals surface area contributed by atoms with E-state index in [-0.39, 0.29) is 28.2 Å². The van der Waals surface area contributed by atoms with Crippen molar-refractivity contribution >= 4 is 62.3 Å². The third-order valence-electron chi connectivity index (χ3n) is 5.13. The number of amides is 2. The summed E-state index contributed by atoms with van der Waals surface area (Å²) in [6.07, 6.45) is 2.71. The number of sulfonamides is 1. The monoisotopic (exact) mass is 547 g/mol. The molecule has 0 spiro atoms. The molecule has 0 fully saturated rings. The van der Waals surface area contributed by atoms with Gasteiger partial charge in [0.05, 0.1) is 22.0 Å². The molecule has 0 aliphatic carbocycles. The van der Waals surface area contributed by atoms with E-state index in [1.807, 2.05) is 6.92 Å². The van der Waals surface area contributed by atoms with Crippen molar-refractivity contribution in [1.29, 1.82) is 0 Å². The first-order valence-electron chi connectivity index (χ1n) is 10.7. The number of carbonyl (C=O) groups excluding carboxylic acids is 2. The predicted octanol–water partition coefficient (Wildman–Crippen LogP) is 4.75. The van der Waals surface area contributed by atoms with Crippen molar-refractivity contribution < 1.29 is 18.0 Å². The second-order valence-electron chi connectivity index (χ2n) is 7.84. The number of halogens is 3. The third kappa shape index (κ3) is 8.05. The maximum absolute atomic E-state index is 13.4. The van der Waals surface area contributed by atoms with Gasteiger partial charge in [0.25, 0.3) is 0 Å². The number of anilines is 1. The minimum atomic E-state index is -3.85. The zero-order valence-electron chi connectivity index (χ0n) is 19.2. The molecule has 34 heavy (non-hydrogen) atoms. The van der Waals surface area contributed by atoms with Gasteiger partial charge in [0, 0.05) is 18.1 Å². The van der Waals surface area contributed by atoms with Crippen LogP contribution in [-0.4, -0.2) is 50.5 Å². The highest BCUT2D eigenvalue weighted by Crippen LogP contribution is 2.28. The summed E-state index contributed by atoms with van der Waals surface area (Å²) >= 11 is 18.0. The number of carbonyl (C=O) groups is 2. The molecule has 1 N–H and O–H groups in total. The molecule has 0 heterocycles. The molecule has 0 bridgehead atoms. The van der Waals surface area contributed by atoms with Crippen LogP contribution in [-0.2, 0) is 26.2 Å². The molecule has 2 aromatic rings. The predicted molar refractivity (Wildman–Crippen MR) is 138 cm³/mol. The van der Waals surface area contributed by atoms with Gasteiger partial charge in [-0.3, -0.25) is 13.9 Å². The van der Waals surface area contributed by atoms with Crippen molar-refractivity contribution in [2.75, 3.05) is 23.7 Å². The van der Waals surface area contributed by atoms with Crippen molar-refractivity contribution in [3.05, 3.63) is 63.1 Å². The molecule has 0 saturated heterocycles. The van der Waals surface area contributed by atoms with Crippen LogP contribution >= 0.6 is 34.8 Å². The number of nitrogens with zero attached hydrogens (tertiary/aromatic N) is 2. The van der Waals surface area contributed by atoms with Gasteiger partial charge in [-0.25, -0.2) is 8.42 Å². The Labute approximate surface area is 216 Å². The maximum Gasteiger partial charge on any atom is 0.244 e. The quantitative estimate of drug-likeness (QED) is 0.411. The summed E-state index contributed by atoms with van der Waals surface area (Å²) in [5.41, 5.74) is 0.933. The van der Waals surface area contributed by atoms with E-state index in [1.54, 1.807) is 31.2 Å². The van der Waals surface area contributed by atoms with E-state index >= 15 is 0 Å². The first kappa shape index (κ1) is 28.2. The molecule has 0 unspecified atom stereocenters.